The highest BCUT2D eigenvalue weighted by Gasteiger charge is 2.67. The summed E-state index contributed by atoms with van der Waals surface area (Å²) >= 11 is 0. The number of rotatable bonds is 8. The maximum atomic E-state index is 13.4. The van der Waals surface area contributed by atoms with Gasteiger partial charge in [0, 0.05) is 0 Å². The first-order chi connectivity index (χ1) is 9.16. The van der Waals surface area contributed by atoms with Crippen LogP contribution < -0.4 is 0 Å². The third kappa shape index (κ3) is 3.61. The summed E-state index contributed by atoms with van der Waals surface area (Å²) in [6.07, 6.45) is 1.56. The Hall–Kier alpha value is -1.26. The van der Waals surface area contributed by atoms with E-state index in [0.29, 0.717) is 13.2 Å². The van der Waals surface area contributed by atoms with E-state index < -0.39 is 17.8 Å². The third-order valence-electron chi connectivity index (χ3n) is 3.31. The van der Waals surface area contributed by atoms with Gasteiger partial charge in [-0.1, -0.05) is 36.4 Å². The minimum Gasteiger partial charge on any atom is -0.377 e. The maximum Gasteiger partial charge on any atom is 0.259 e. The maximum absolute atomic E-state index is 13.4. The molecule has 1 fully saturated rings. The smallest absolute Gasteiger partial charge is 0.259 e. The van der Waals surface area contributed by atoms with Gasteiger partial charge in [0.25, 0.3) is 5.92 Å². The minimum atomic E-state index is -2.65. The van der Waals surface area contributed by atoms with E-state index in [9.17, 15) is 8.78 Å². The zero-order valence-electron chi connectivity index (χ0n) is 10.7. The molecule has 2 atom stereocenters. The molecule has 0 N–H and O–H groups in total. The SMILES string of the molecule is C=CCOC[C@H]1[C@@H](COCc2ccccc2)C1(F)F. The first kappa shape index (κ1) is 14.2. The van der Waals surface area contributed by atoms with Gasteiger partial charge in [-0.15, -0.1) is 6.58 Å². The van der Waals surface area contributed by atoms with Gasteiger partial charge in [-0.05, 0) is 5.56 Å². The predicted molar refractivity (Wildman–Crippen MR) is 69.0 cm³/mol. The van der Waals surface area contributed by atoms with Crippen molar-refractivity contribution in [3.63, 3.8) is 0 Å². The molecule has 0 heterocycles. The molecule has 0 bridgehead atoms. The van der Waals surface area contributed by atoms with Gasteiger partial charge < -0.3 is 9.47 Å². The number of halogens is 2. The lowest BCUT2D eigenvalue weighted by atomic mass is 10.2. The Labute approximate surface area is 112 Å². The minimum absolute atomic E-state index is 0.0678. The molecule has 1 aliphatic carbocycles. The largest absolute Gasteiger partial charge is 0.377 e. The van der Waals surface area contributed by atoms with Gasteiger partial charge >= 0.3 is 0 Å². The van der Waals surface area contributed by atoms with Crippen molar-refractivity contribution >= 4 is 0 Å². The lowest BCUT2D eigenvalue weighted by Gasteiger charge is -2.03. The summed E-state index contributed by atoms with van der Waals surface area (Å²) in [5.74, 6) is -4.10. The fourth-order valence-electron chi connectivity index (χ4n) is 2.07. The molecule has 0 spiro atoms. The van der Waals surface area contributed by atoms with E-state index in [4.69, 9.17) is 9.47 Å². The average Bonchev–Trinajstić information content (AvgIpc) is 2.92. The van der Waals surface area contributed by atoms with Crippen molar-refractivity contribution in [2.45, 2.75) is 12.5 Å². The lowest BCUT2D eigenvalue weighted by molar-refractivity contribution is 0.0397. The van der Waals surface area contributed by atoms with Crippen LogP contribution in [0.1, 0.15) is 5.56 Å². The molecule has 0 amide bonds. The summed E-state index contributed by atoms with van der Waals surface area (Å²) in [5, 5.41) is 0. The molecule has 0 aliphatic heterocycles. The van der Waals surface area contributed by atoms with Crippen molar-refractivity contribution in [2.75, 3.05) is 19.8 Å². The van der Waals surface area contributed by atoms with Crippen LogP contribution in [0.5, 0.6) is 0 Å². The molecule has 0 radical (unpaired) electrons. The summed E-state index contributed by atoms with van der Waals surface area (Å²) in [6, 6.07) is 9.53. The monoisotopic (exact) mass is 268 g/mol. The van der Waals surface area contributed by atoms with E-state index in [1.807, 2.05) is 30.3 Å². The predicted octanol–water partition coefficient (Wildman–Crippen LogP) is 3.29. The number of alkyl halides is 2. The van der Waals surface area contributed by atoms with Crippen molar-refractivity contribution in [2.24, 2.45) is 11.8 Å². The highest BCUT2D eigenvalue weighted by atomic mass is 19.3. The Kier molecular flexibility index (Phi) is 4.66. The molecular formula is C15H18F2O2. The van der Waals surface area contributed by atoms with Crippen molar-refractivity contribution in [1.29, 1.82) is 0 Å². The van der Waals surface area contributed by atoms with Crippen molar-refractivity contribution in [3.8, 4) is 0 Å². The van der Waals surface area contributed by atoms with Gasteiger partial charge in [-0.2, -0.15) is 0 Å². The normalized spacial score (nSPS) is 24.1. The highest BCUT2D eigenvalue weighted by molar-refractivity contribution is 5.13. The second-order valence-electron chi connectivity index (χ2n) is 4.71. The average molecular weight is 268 g/mol. The molecular weight excluding hydrogens is 250 g/mol. The number of hydrogen-bond acceptors (Lipinski definition) is 2. The van der Waals surface area contributed by atoms with Gasteiger partial charge in [0.1, 0.15) is 0 Å². The van der Waals surface area contributed by atoms with E-state index in [-0.39, 0.29) is 13.2 Å². The van der Waals surface area contributed by atoms with Crippen LogP contribution in [0.2, 0.25) is 0 Å². The van der Waals surface area contributed by atoms with E-state index >= 15 is 0 Å². The molecule has 1 aliphatic rings. The molecule has 2 nitrogen and oxygen atoms in total. The van der Waals surface area contributed by atoms with Crippen LogP contribution in [-0.4, -0.2) is 25.7 Å². The zero-order chi connectivity index (χ0) is 13.7. The second-order valence-corrected chi connectivity index (χ2v) is 4.71. The molecule has 1 saturated carbocycles. The summed E-state index contributed by atoms with van der Waals surface area (Å²) in [7, 11) is 0. The molecule has 1 aromatic carbocycles. The zero-order valence-corrected chi connectivity index (χ0v) is 10.7. The van der Waals surface area contributed by atoms with Gasteiger partial charge in [0.2, 0.25) is 0 Å². The van der Waals surface area contributed by atoms with Crippen molar-refractivity contribution in [3.05, 3.63) is 48.6 Å². The topological polar surface area (TPSA) is 18.5 Å². The molecule has 104 valence electrons. The fraction of sp³-hybridized carbons (Fsp3) is 0.467. The summed E-state index contributed by atoms with van der Waals surface area (Å²) in [5.41, 5.74) is 0.992. The van der Waals surface area contributed by atoms with Crippen LogP contribution in [0.15, 0.2) is 43.0 Å². The molecule has 4 heteroatoms. The standard InChI is InChI=1S/C15H18F2O2/c1-2-8-18-10-13-14(15(13,16)17)11-19-9-12-6-4-3-5-7-12/h2-7,13-14H,1,8-11H2/t13-,14+/m0/s1. The number of ether oxygens (including phenoxy) is 2. The van der Waals surface area contributed by atoms with E-state index in [1.54, 1.807) is 6.08 Å². The number of hydrogen-bond donors (Lipinski definition) is 0. The molecule has 0 aromatic heterocycles. The first-order valence-electron chi connectivity index (χ1n) is 6.34. The van der Waals surface area contributed by atoms with Crippen LogP contribution in [0.25, 0.3) is 0 Å². The molecule has 2 rings (SSSR count). The van der Waals surface area contributed by atoms with Crippen LogP contribution in [-0.2, 0) is 16.1 Å². The van der Waals surface area contributed by atoms with Gasteiger partial charge in [0.15, 0.2) is 0 Å². The van der Waals surface area contributed by atoms with Crippen LogP contribution >= 0.6 is 0 Å². The molecule has 19 heavy (non-hydrogen) atoms. The summed E-state index contributed by atoms with van der Waals surface area (Å²) in [4.78, 5) is 0. The molecule has 0 unspecified atom stereocenters. The third-order valence-corrected chi connectivity index (χ3v) is 3.31. The summed E-state index contributed by atoms with van der Waals surface area (Å²) in [6.45, 7) is 4.30. The van der Waals surface area contributed by atoms with Gasteiger partial charge in [-0.3, -0.25) is 0 Å². The quantitative estimate of drug-likeness (QED) is 0.532. The lowest BCUT2D eigenvalue weighted by Crippen LogP contribution is -2.03. The molecule has 0 saturated heterocycles. The number of benzene rings is 1. The first-order valence-corrected chi connectivity index (χ1v) is 6.34. The van der Waals surface area contributed by atoms with Crippen molar-refractivity contribution < 1.29 is 18.3 Å². The molecule has 1 aromatic rings. The fourth-order valence-corrected chi connectivity index (χ4v) is 2.07. The van der Waals surface area contributed by atoms with E-state index in [0.717, 1.165) is 5.56 Å². The summed E-state index contributed by atoms with van der Waals surface area (Å²) < 4.78 is 37.3. The van der Waals surface area contributed by atoms with E-state index in [2.05, 4.69) is 6.58 Å². The highest BCUT2D eigenvalue weighted by Crippen LogP contribution is 2.55. The van der Waals surface area contributed by atoms with Crippen molar-refractivity contribution in [1.82, 2.24) is 0 Å². The van der Waals surface area contributed by atoms with Gasteiger partial charge in [0.05, 0.1) is 38.3 Å². The van der Waals surface area contributed by atoms with Crippen LogP contribution in [0.3, 0.4) is 0 Å². The second kappa shape index (κ2) is 6.26. The Morgan fingerprint density at radius 2 is 1.74 bits per heavy atom. The Bertz CT molecular complexity index is 406. The van der Waals surface area contributed by atoms with Gasteiger partial charge in [-0.25, -0.2) is 8.78 Å². The Morgan fingerprint density at radius 3 is 2.37 bits per heavy atom. The Morgan fingerprint density at radius 1 is 1.11 bits per heavy atom. The van der Waals surface area contributed by atoms with Crippen LogP contribution in [0.4, 0.5) is 8.78 Å². The van der Waals surface area contributed by atoms with Crippen LogP contribution in [0, 0.1) is 11.8 Å². The Balaban J connectivity index is 1.70. The van der Waals surface area contributed by atoms with E-state index in [1.165, 1.54) is 0 Å².